The Labute approximate surface area is 230 Å². The second-order valence-corrected chi connectivity index (χ2v) is 17.7. The standard InChI is InChI=1S/C29H48N4O4Si/c1-20-13-14-21(2)33(20)26-17-25(35-10)23(18-30-26)31-15-16-32(27(34)36-28(4,5)6)24(19-31)22(3)37-38(11,12)29(7,8)9/h13-14,17-18,22,24H,15-16,19H2,1-12H3/t22?,24-/m1/s1. The van der Waals surface area contributed by atoms with Crippen molar-refractivity contribution in [3.05, 3.63) is 35.8 Å². The third kappa shape index (κ3) is 6.54. The number of hydrogen-bond donors (Lipinski definition) is 0. The van der Waals surface area contributed by atoms with E-state index in [2.05, 4.69) is 76.2 Å². The molecule has 1 unspecified atom stereocenters. The summed E-state index contributed by atoms with van der Waals surface area (Å²) in [6.07, 6.45) is 1.41. The van der Waals surface area contributed by atoms with E-state index in [0.29, 0.717) is 19.6 Å². The number of aromatic nitrogens is 2. The molecule has 0 aliphatic carbocycles. The van der Waals surface area contributed by atoms with Gasteiger partial charge in [0.25, 0.3) is 0 Å². The molecule has 0 bridgehead atoms. The van der Waals surface area contributed by atoms with Crippen molar-refractivity contribution in [2.45, 2.75) is 98.2 Å². The van der Waals surface area contributed by atoms with Crippen LogP contribution in [0.5, 0.6) is 5.75 Å². The van der Waals surface area contributed by atoms with Crippen molar-refractivity contribution in [2.75, 3.05) is 31.6 Å². The van der Waals surface area contributed by atoms with Gasteiger partial charge in [-0.2, -0.15) is 0 Å². The van der Waals surface area contributed by atoms with Gasteiger partial charge in [-0.05, 0) is 71.8 Å². The molecule has 0 saturated carbocycles. The number of methoxy groups -OCH3 is 1. The fourth-order valence-corrected chi connectivity index (χ4v) is 6.11. The van der Waals surface area contributed by atoms with E-state index in [1.54, 1.807) is 7.11 Å². The van der Waals surface area contributed by atoms with Crippen LogP contribution < -0.4 is 9.64 Å². The number of anilines is 1. The van der Waals surface area contributed by atoms with E-state index >= 15 is 0 Å². The number of carbonyl (C=O) groups excluding carboxylic acids is 1. The number of carbonyl (C=O) groups is 1. The van der Waals surface area contributed by atoms with Gasteiger partial charge in [0.05, 0.1) is 31.1 Å². The first-order valence-corrected chi connectivity index (χ1v) is 16.5. The number of ether oxygens (including phenoxy) is 2. The maximum atomic E-state index is 13.3. The predicted octanol–water partition coefficient (Wildman–Crippen LogP) is 6.33. The number of aryl methyl sites for hydroxylation is 2. The highest BCUT2D eigenvalue weighted by Gasteiger charge is 2.43. The molecule has 1 amide bonds. The Hall–Kier alpha value is -2.52. The zero-order chi connectivity index (χ0) is 28.6. The van der Waals surface area contributed by atoms with Crippen molar-refractivity contribution in [3.63, 3.8) is 0 Å². The van der Waals surface area contributed by atoms with E-state index in [1.165, 1.54) is 0 Å². The Balaban J connectivity index is 1.94. The monoisotopic (exact) mass is 544 g/mol. The van der Waals surface area contributed by atoms with Crippen LogP contribution >= 0.6 is 0 Å². The van der Waals surface area contributed by atoms with Crippen LogP contribution in [0.3, 0.4) is 0 Å². The molecule has 1 saturated heterocycles. The molecule has 0 N–H and O–H groups in total. The summed E-state index contributed by atoms with van der Waals surface area (Å²) in [6.45, 7) is 24.9. The topological polar surface area (TPSA) is 69.1 Å². The molecule has 3 heterocycles. The average Bonchev–Trinajstić information content (AvgIpc) is 3.13. The SMILES string of the molecule is COc1cc(-n2c(C)ccc2C)ncc1N1CCN(C(=O)OC(C)(C)C)[C@@H](C(C)O[Si](C)(C)C(C)(C)C)C1. The third-order valence-electron chi connectivity index (χ3n) is 7.77. The minimum absolute atomic E-state index is 0.0596. The van der Waals surface area contributed by atoms with Crippen molar-refractivity contribution >= 4 is 20.1 Å². The molecule has 2 aromatic heterocycles. The van der Waals surface area contributed by atoms with Crippen LogP contribution in [0, 0.1) is 13.8 Å². The van der Waals surface area contributed by atoms with Gasteiger partial charge in [-0.25, -0.2) is 9.78 Å². The fraction of sp³-hybridized carbons (Fsp3) is 0.655. The van der Waals surface area contributed by atoms with Gasteiger partial charge in [0.2, 0.25) is 0 Å². The molecule has 3 rings (SSSR count). The molecule has 0 spiro atoms. The molecule has 0 aromatic carbocycles. The predicted molar refractivity (Wildman–Crippen MR) is 156 cm³/mol. The molecule has 0 radical (unpaired) electrons. The number of piperazine rings is 1. The number of amides is 1. The normalized spacial score (nSPS) is 17.9. The lowest BCUT2D eigenvalue weighted by atomic mass is 10.1. The van der Waals surface area contributed by atoms with Gasteiger partial charge in [-0.15, -0.1) is 0 Å². The summed E-state index contributed by atoms with van der Waals surface area (Å²) in [5, 5.41) is 0.0596. The Morgan fingerprint density at radius 2 is 1.68 bits per heavy atom. The molecule has 1 fully saturated rings. The quantitative estimate of drug-likeness (QED) is 0.396. The summed E-state index contributed by atoms with van der Waals surface area (Å²) in [6, 6.07) is 5.97. The summed E-state index contributed by atoms with van der Waals surface area (Å²) >= 11 is 0. The van der Waals surface area contributed by atoms with E-state index in [0.717, 1.165) is 28.6 Å². The number of rotatable bonds is 6. The number of nitrogens with zero attached hydrogens (tertiary/aromatic N) is 4. The van der Waals surface area contributed by atoms with Crippen LogP contribution in [0.25, 0.3) is 5.82 Å². The first kappa shape index (κ1) is 30.0. The molecule has 1 aliphatic rings. The summed E-state index contributed by atoms with van der Waals surface area (Å²) in [5.41, 5.74) is 2.58. The highest BCUT2D eigenvalue weighted by molar-refractivity contribution is 6.74. The van der Waals surface area contributed by atoms with Crippen LogP contribution in [0.15, 0.2) is 24.4 Å². The Morgan fingerprint density at radius 1 is 1.08 bits per heavy atom. The lowest BCUT2D eigenvalue weighted by molar-refractivity contribution is -0.00352. The largest absolute Gasteiger partial charge is 0.494 e. The van der Waals surface area contributed by atoms with Crippen molar-refractivity contribution in [2.24, 2.45) is 0 Å². The summed E-state index contributed by atoms with van der Waals surface area (Å²) < 4.78 is 20.6. The minimum atomic E-state index is -2.07. The van der Waals surface area contributed by atoms with Crippen LogP contribution in [0.2, 0.25) is 18.1 Å². The van der Waals surface area contributed by atoms with Gasteiger partial charge < -0.3 is 23.4 Å². The zero-order valence-electron chi connectivity index (χ0n) is 25.5. The van der Waals surface area contributed by atoms with Crippen molar-refractivity contribution in [3.8, 4) is 11.6 Å². The highest BCUT2D eigenvalue weighted by Crippen LogP contribution is 2.39. The fourth-order valence-electron chi connectivity index (χ4n) is 4.67. The van der Waals surface area contributed by atoms with E-state index in [1.807, 2.05) is 37.9 Å². The van der Waals surface area contributed by atoms with E-state index in [-0.39, 0.29) is 23.3 Å². The molecule has 2 atom stereocenters. The van der Waals surface area contributed by atoms with Gasteiger partial charge in [0.15, 0.2) is 8.32 Å². The van der Waals surface area contributed by atoms with Crippen LogP contribution in [0.1, 0.15) is 59.9 Å². The molecule has 212 valence electrons. The first-order valence-electron chi connectivity index (χ1n) is 13.6. The smallest absolute Gasteiger partial charge is 0.410 e. The van der Waals surface area contributed by atoms with Crippen molar-refractivity contribution < 1.29 is 18.7 Å². The summed E-state index contributed by atoms with van der Waals surface area (Å²) in [7, 11) is -0.378. The maximum Gasteiger partial charge on any atom is 0.410 e. The molecule has 2 aromatic rings. The van der Waals surface area contributed by atoms with Crippen molar-refractivity contribution in [1.82, 2.24) is 14.5 Å². The average molecular weight is 545 g/mol. The molecular weight excluding hydrogens is 496 g/mol. The Bertz CT molecular complexity index is 1110. The maximum absolute atomic E-state index is 13.3. The minimum Gasteiger partial charge on any atom is -0.494 e. The van der Waals surface area contributed by atoms with Gasteiger partial charge in [0.1, 0.15) is 17.2 Å². The van der Waals surface area contributed by atoms with Gasteiger partial charge in [-0.1, -0.05) is 20.8 Å². The van der Waals surface area contributed by atoms with E-state index in [4.69, 9.17) is 18.9 Å². The molecule has 1 aliphatic heterocycles. The summed E-state index contributed by atoms with van der Waals surface area (Å²) in [4.78, 5) is 22.2. The summed E-state index contributed by atoms with van der Waals surface area (Å²) in [5.74, 6) is 1.58. The van der Waals surface area contributed by atoms with E-state index < -0.39 is 13.9 Å². The van der Waals surface area contributed by atoms with Crippen molar-refractivity contribution in [1.29, 1.82) is 0 Å². The van der Waals surface area contributed by atoms with Crippen LogP contribution in [0.4, 0.5) is 10.5 Å². The van der Waals surface area contributed by atoms with Gasteiger partial charge >= 0.3 is 6.09 Å². The Morgan fingerprint density at radius 3 is 2.21 bits per heavy atom. The van der Waals surface area contributed by atoms with Crippen LogP contribution in [-0.4, -0.2) is 73.4 Å². The second-order valence-electron chi connectivity index (χ2n) is 12.9. The van der Waals surface area contributed by atoms with Crippen LogP contribution in [-0.2, 0) is 9.16 Å². The molecule has 38 heavy (non-hydrogen) atoms. The second kappa shape index (κ2) is 10.9. The third-order valence-corrected chi connectivity index (χ3v) is 12.3. The lowest BCUT2D eigenvalue weighted by Crippen LogP contribution is -2.61. The van der Waals surface area contributed by atoms with Gasteiger partial charge in [-0.3, -0.25) is 4.90 Å². The number of hydrogen-bond acceptors (Lipinski definition) is 6. The number of pyridine rings is 1. The van der Waals surface area contributed by atoms with Gasteiger partial charge in [0, 0.05) is 37.1 Å². The lowest BCUT2D eigenvalue weighted by Gasteiger charge is -2.47. The molecule has 8 nitrogen and oxygen atoms in total. The zero-order valence-corrected chi connectivity index (χ0v) is 26.5. The Kier molecular flexibility index (Phi) is 8.63. The molecule has 9 heteroatoms. The van der Waals surface area contributed by atoms with E-state index in [9.17, 15) is 4.79 Å². The molecular formula is C29H48N4O4Si. The highest BCUT2D eigenvalue weighted by atomic mass is 28.4. The first-order chi connectivity index (χ1) is 17.4.